The van der Waals surface area contributed by atoms with Crippen LogP contribution in [-0.2, 0) is 4.79 Å². The van der Waals surface area contributed by atoms with Crippen molar-refractivity contribution in [2.75, 3.05) is 18.0 Å². The molecule has 0 amide bonds. The molecule has 1 aromatic carbocycles. The minimum absolute atomic E-state index is 0.269. The first-order valence-corrected chi connectivity index (χ1v) is 5.17. The van der Waals surface area contributed by atoms with E-state index in [1.807, 2.05) is 12.1 Å². The molecule has 88 valence electrons. The molecule has 0 aromatic heterocycles. The molecule has 1 aliphatic heterocycles. The minimum atomic E-state index is -0.720. The number of nitrogens with two attached hydrogens (primary N) is 2. The highest BCUT2D eigenvalue weighted by Gasteiger charge is 2.20. The largest absolute Gasteiger partial charge is 0.480 e. The van der Waals surface area contributed by atoms with Gasteiger partial charge in [0.2, 0.25) is 0 Å². The SMILES string of the molecule is Nc1ccccc1N.O=C(O)[C@@H]1CCCN1. The number of hydrogen-bond donors (Lipinski definition) is 4. The molecular weight excluding hydrogens is 206 g/mol. The van der Waals surface area contributed by atoms with Gasteiger partial charge in [-0.05, 0) is 31.5 Å². The quantitative estimate of drug-likeness (QED) is 0.524. The van der Waals surface area contributed by atoms with Gasteiger partial charge >= 0.3 is 5.97 Å². The predicted octanol–water partition coefficient (Wildman–Crippen LogP) is 0.674. The Morgan fingerprint density at radius 1 is 1.31 bits per heavy atom. The van der Waals surface area contributed by atoms with Crippen molar-refractivity contribution < 1.29 is 9.90 Å². The number of carboxylic acid groups (broad SMARTS) is 1. The first kappa shape index (κ1) is 12.3. The normalized spacial score (nSPS) is 18.6. The lowest BCUT2D eigenvalue weighted by molar-refractivity contribution is -0.139. The molecule has 0 aliphatic carbocycles. The highest BCUT2D eigenvalue weighted by Crippen LogP contribution is 2.10. The van der Waals surface area contributed by atoms with Crippen molar-refractivity contribution in [3.8, 4) is 0 Å². The maximum absolute atomic E-state index is 10.1. The van der Waals surface area contributed by atoms with Crippen molar-refractivity contribution in [1.82, 2.24) is 5.32 Å². The molecule has 5 heteroatoms. The van der Waals surface area contributed by atoms with E-state index in [4.69, 9.17) is 16.6 Å². The molecule has 1 heterocycles. The Balaban J connectivity index is 0.000000160. The number of nitrogen functional groups attached to an aromatic ring is 2. The maximum Gasteiger partial charge on any atom is 0.320 e. The van der Waals surface area contributed by atoms with E-state index in [9.17, 15) is 4.79 Å². The predicted molar refractivity (Wildman–Crippen MR) is 63.9 cm³/mol. The molecule has 16 heavy (non-hydrogen) atoms. The summed E-state index contributed by atoms with van der Waals surface area (Å²) in [6.45, 7) is 0.858. The highest BCUT2D eigenvalue weighted by molar-refractivity contribution is 5.73. The standard InChI is InChI=1S/C6H8N2.C5H9NO2/c7-5-3-1-2-4-6(5)8;7-5(8)4-2-1-3-6-4/h1-4H,7-8H2;4,6H,1-3H2,(H,7,8)/t;4-/m.0/s1. The summed E-state index contributed by atoms with van der Waals surface area (Å²) in [5.74, 6) is -0.720. The van der Waals surface area contributed by atoms with E-state index < -0.39 is 5.97 Å². The van der Waals surface area contributed by atoms with Crippen molar-refractivity contribution >= 4 is 17.3 Å². The minimum Gasteiger partial charge on any atom is -0.480 e. The Labute approximate surface area is 94.4 Å². The number of hydrogen-bond acceptors (Lipinski definition) is 4. The van der Waals surface area contributed by atoms with Crippen LogP contribution in [-0.4, -0.2) is 23.7 Å². The van der Waals surface area contributed by atoms with Crippen molar-refractivity contribution in [3.05, 3.63) is 24.3 Å². The zero-order valence-electron chi connectivity index (χ0n) is 9.02. The molecular formula is C11H17N3O2. The second-order valence-corrected chi connectivity index (χ2v) is 3.62. The van der Waals surface area contributed by atoms with Crippen LogP contribution in [0.5, 0.6) is 0 Å². The fraction of sp³-hybridized carbons (Fsp3) is 0.364. The number of aliphatic carboxylic acids is 1. The topological polar surface area (TPSA) is 101 Å². The molecule has 1 atom stereocenters. The van der Waals surface area contributed by atoms with E-state index in [1.165, 1.54) is 0 Å². The third-order valence-electron chi connectivity index (χ3n) is 2.35. The van der Waals surface area contributed by atoms with Crippen LogP contribution < -0.4 is 16.8 Å². The van der Waals surface area contributed by atoms with Gasteiger partial charge in [-0.2, -0.15) is 0 Å². The van der Waals surface area contributed by atoms with Gasteiger partial charge in [0.25, 0.3) is 0 Å². The van der Waals surface area contributed by atoms with Gasteiger partial charge in [-0.15, -0.1) is 0 Å². The lowest BCUT2D eigenvalue weighted by Gasteiger charge is -1.99. The molecule has 1 fully saturated rings. The van der Waals surface area contributed by atoms with Crippen LogP contribution in [0.25, 0.3) is 0 Å². The van der Waals surface area contributed by atoms with Gasteiger partial charge in [-0.1, -0.05) is 12.1 Å². The zero-order chi connectivity index (χ0) is 12.0. The van der Waals surface area contributed by atoms with Crippen LogP contribution in [0.4, 0.5) is 11.4 Å². The van der Waals surface area contributed by atoms with E-state index in [0.29, 0.717) is 11.4 Å². The summed E-state index contributed by atoms with van der Waals surface area (Å²) in [7, 11) is 0. The summed E-state index contributed by atoms with van der Waals surface area (Å²) in [5.41, 5.74) is 12.1. The van der Waals surface area contributed by atoms with Gasteiger partial charge in [0, 0.05) is 0 Å². The monoisotopic (exact) mass is 223 g/mol. The summed E-state index contributed by atoms with van der Waals surface area (Å²) < 4.78 is 0. The molecule has 0 unspecified atom stereocenters. The van der Waals surface area contributed by atoms with Gasteiger partial charge < -0.3 is 21.9 Å². The Morgan fingerprint density at radius 3 is 2.12 bits per heavy atom. The van der Waals surface area contributed by atoms with Crippen LogP contribution in [0.2, 0.25) is 0 Å². The molecule has 0 spiro atoms. The first-order chi connectivity index (χ1) is 7.61. The van der Waals surface area contributed by atoms with Gasteiger partial charge in [-0.25, -0.2) is 0 Å². The number of nitrogens with one attached hydrogen (secondary N) is 1. The second kappa shape index (κ2) is 5.97. The number of carbonyl (C=O) groups is 1. The highest BCUT2D eigenvalue weighted by atomic mass is 16.4. The average Bonchev–Trinajstić information content (AvgIpc) is 2.77. The molecule has 6 N–H and O–H groups in total. The van der Waals surface area contributed by atoms with E-state index in [0.717, 1.165) is 19.4 Å². The second-order valence-electron chi connectivity index (χ2n) is 3.62. The molecule has 1 aliphatic rings. The number of carboxylic acids is 1. The fourth-order valence-corrected chi connectivity index (χ4v) is 1.41. The maximum atomic E-state index is 10.1. The Morgan fingerprint density at radius 2 is 1.88 bits per heavy atom. The molecule has 0 radical (unpaired) electrons. The van der Waals surface area contributed by atoms with Crippen LogP contribution in [0, 0.1) is 0 Å². The van der Waals surface area contributed by atoms with Gasteiger partial charge in [-0.3, -0.25) is 4.79 Å². The lowest BCUT2D eigenvalue weighted by Crippen LogP contribution is -2.29. The molecule has 1 aromatic rings. The summed E-state index contributed by atoms with van der Waals surface area (Å²) in [6, 6.07) is 6.98. The Kier molecular flexibility index (Phi) is 4.60. The summed E-state index contributed by atoms with van der Waals surface area (Å²) >= 11 is 0. The van der Waals surface area contributed by atoms with Crippen LogP contribution in [0.1, 0.15) is 12.8 Å². The molecule has 0 saturated carbocycles. The average molecular weight is 223 g/mol. The fourth-order valence-electron chi connectivity index (χ4n) is 1.41. The van der Waals surface area contributed by atoms with Gasteiger partial charge in [0.1, 0.15) is 6.04 Å². The zero-order valence-corrected chi connectivity index (χ0v) is 9.02. The summed E-state index contributed by atoms with van der Waals surface area (Å²) in [6.07, 6.45) is 1.78. The van der Waals surface area contributed by atoms with Crippen molar-refractivity contribution in [2.24, 2.45) is 0 Å². The van der Waals surface area contributed by atoms with Gasteiger partial charge in [0.05, 0.1) is 11.4 Å². The van der Waals surface area contributed by atoms with E-state index >= 15 is 0 Å². The van der Waals surface area contributed by atoms with Crippen LogP contribution >= 0.6 is 0 Å². The molecule has 5 nitrogen and oxygen atoms in total. The van der Waals surface area contributed by atoms with E-state index in [2.05, 4.69) is 5.32 Å². The first-order valence-electron chi connectivity index (χ1n) is 5.17. The number of anilines is 2. The third-order valence-corrected chi connectivity index (χ3v) is 2.35. The van der Waals surface area contributed by atoms with E-state index in [-0.39, 0.29) is 6.04 Å². The third kappa shape index (κ3) is 3.78. The van der Waals surface area contributed by atoms with Crippen molar-refractivity contribution in [1.29, 1.82) is 0 Å². The summed E-state index contributed by atoms with van der Waals surface area (Å²) in [5, 5.41) is 11.2. The molecule has 1 saturated heterocycles. The van der Waals surface area contributed by atoms with E-state index in [1.54, 1.807) is 12.1 Å². The number of benzene rings is 1. The molecule has 0 bridgehead atoms. The number of para-hydroxylation sites is 2. The Bertz CT molecular complexity index is 328. The summed E-state index contributed by atoms with van der Waals surface area (Å²) in [4.78, 5) is 10.1. The van der Waals surface area contributed by atoms with Crippen LogP contribution in [0.3, 0.4) is 0 Å². The number of rotatable bonds is 1. The Hall–Kier alpha value is -1.75. The van der Waals surface area contributed by atoms with Crippen molar-refractivity contribution in [3.63, 3.8) is 0 Å². The smallest absolute Gasteiger partial charge is 0.320 e. The van der Waals surface area contributed by atoms with Gasteiger partial charge in [0.15, 0.2) is 0 Å². The molecule has 2 rings (SSSR count). The lowest BCUT2D eigenvalue weighted by atomic mass is 10.2. The van der Waals surface area contributed by atoms with Crippen molar-refractivity contribution in [2.45, 2.75) is 18.9 Å². The van der Waals surface area contributed by atoms with Crippen LogP contribution in [0.15, 0.2) is 24.3 Å².